The molecule has 0 aromatic heterocycles. The Kier molecular flexibility index (Phi) is 5.72. The van der Waals surface area contributed by atoms with Gasteiger partial charge in [-0.1, -0.05) is 42.5 Å². The van der Waals surface area contributed by atoms with E-state index < -0.39 is 15.7 Å². The predicted molar refractivity (Wildman–Crippen MR) is 117 cm³/mol. The van der Waals surface area contributed by atoms with E-state index in [-0.39, 0.29) is 16.6 Å². The zero-order valence-corrected chi connectivity index (χ0v) is 18.6. The van der Waals surface area contributed by atoms with E-state index in [0.29, 0.717) is 44.6 Å². The summed E-state index contributed by atoms with van der Waals surface area (Å²) in [5.41, 5.74) is 1.07. The van der Waals surface area contributed by atoms with E-state index in [1.165, 1.54) is 23.4 Å². The molecule has 2 heterocycles. The van der Waals surface area contributed by atoms with Crippen molar-refractivity contribution in [3.63, 3.8) is 0 Å². The molecule has 0 radical (unpaired) electrons. The summed E-state index contributed by atoms with van der Waals surface area (Å²) in [6.07, 6.45) is 1.10. The third-order valence-corrected chi connectivity index (χ3v) is 8.40. The van der Waals surface area contributed by atoms with Crippen molar-refractivity contribution in [1.29, 1.82) is 0 Å². The summed E-state index contributed by atoms with van der Waals surface area (Å²) in [7, 11) is -1.72. The maximum absolute atomic E-state index is 13.1. The molecule has 31 heavy (non-hydrogen) atoms. The number of benzene rings is 2. The molecule has 7 nitrogen and oxygen atoms in total. The molecule has 2 aromatic rings. The average molecular weight is 442 g/mol. The Morgan fingerprint density at radius 3 is 2.19 bits per heavy atom. The summed E-state index contributed by atoms with van der Waals surface area (Å²) in [5, 5.41) is 0. The Hall–Kier alpha value is -2.55. The van der Waals surface area contributed by atoms with Gasteiger partial charge in [-0.15, -0.1) is 0 Å². The summed E-state index contributed by atoms with van der Waals surface area (Å²) in [5.74, 6) is -0.0289. The number of amides is 1. The van der Waals surface area contributed by atoms with Crippen LogP contribution in [0.1, 0.15) is 35.7 Å². The monoisotopic (exact) mass is 441 g/mol. The SMILES string of the molecule is CC(=O)c1ccc(S(=O)(=O)N2CCC3(CC2)N(C)CC(=O)N3Cc2ccccc2)cc1. The fourth-order valence-corrected chi connectivity index (χ4v) is 6.06. The lowest BCUT2D eigenvalue weighted by molar-refractivity contribution is -0.133. The molecule has 2 fully saturated rings. The van der Waals surface area contributed by atoms with E-state index >= 15 is 0 Å². The van der Waals surface area contributed by atoms with Gasteiger partial charge in [-0.25, -0.2) is 8.42 Å². The standard InChI is InChI=1S/C23H27N3O4S/c1-18(27)20-8-10-21(11-9-20)31(29,30)25-14-12-23(13-15-25)24(2)17-22(28)26(23)16-19-6-4-3-5-7-19/h3-11H,12-17H2,1-2H3. The van der Waals surface area contributed by atoms with Crippen molar-refractivity contribution in [2.45, 2.75) is 36.9 Å². The molecule has 2 aliphatic heterocycles. The van der Waals surface area contributed by atoms with Crippen LogP contribution in [0.4, 0.5) is 0 Å². The van der Waals surface area contributed by atoms with Crippen molar-refractivity contribution in [1.82, 2.24) is 14.1 Å². The summed E-state index contributed by atoms with van der Waals surface area (Å²) in [4.78, 5) is 28.4. The maximum atomic E-state index is 13.1. The van der Waals surface area contributed by atoms with E-state index in [9.17, 15) is 18.0 Å². The second-order valence-electron chi connectivity index (χ2n) is 8.29. The Morgan fingerprint density at radius 1 is 1.00 bits per heavy atom. The van der Waals surface area contributed by atoms with Crippen molar-refractivity contribution in [3.05, 3.63) is 65.7 Å². The molecule has 0 saturated carbocycles. The number of ketones is 1. The summed E-state index contributed by atoms with van der Waals surface area (Å²) in [6, 6.07) is 15.9. The minimum atomic E-state index is -3.66. The van der Waals surface area contributed by atoms with Crippen LogP contribution >= 0.6 is 0 Å². The van der Waals surface area contributed by atoms with E-state index in [4.69, 9.17) is 0 Å². The normalized spacial score (nSPS) is 19.8. The number of likely N-dealkylation sites (N-methyl/N-ethyl adjacent to an activating group) is 1. The molecule has 1 spiro atoms. The van der Waals surface area contributed by atoms with Crippen molar-refractivity contribution in [2.24, 2.45) is 0 Å². The third-order valence-electron chi connectivity index (χ3n) is 6.49. The van der Waals surface area contributed by atoms with Crippen molar-refractivity contribution >= 4 is 21.7 Å². The number of carbonyl (C=O) groups excluding carboxylic acids is 2. The number of carbonyl (C=O) groups is 2. The smallest absolute Gasteiger partial charge is 0.243 e. The van der Waals surface area contributed by atoms with Crippen LogP contribution in [-0.4, -0.2) is 66.6 Å². The Morgan fingerprint density at radius 2 is 1.61 bits per heavy atom. The van der Waals surface area contributed by atoms with Gasteiger partial charge in [-0.2, -0.15) is 4.31 Å². The first kappa shape index (κ1) is 21.7. The zero-order valence-electron chi connectivity index (χ0n) is 17.8. The first-order valence-electron chi connectivity index (χ1n) is 10.4. The van der Waals surface area contributed by atoms with Crippen molar-refractivity contribution in [2.75, 3.05) is 26.7 Å². The molecule has 0 unspecified atom stereocenters. The van der Waals surface area contributed by atoms with Gasteiger partial charge in [0.05, 0.1) is 17.1 Å². The average Bonchev–Trinajstić information content (AvgIpc) is 2.98. The summed E-state index contributed by atoms with van der Waals surface area (Å²) >= 11 is 0. The second kappa shape index (κ2) is 8.18. The predicted octanol–water partition coefficient (Wildman–Crippen LogP) is 2.34. The first-order chi connectivity index (χ1) is 14.7. The molecule has 0 N–H and O–H groups in total. The minimum Gasteiger partial charge on any atom is -0.319 e. The van der Waals surface area contributed by atoms with Crippen LogP contribution in [0.2, 0.25) is 0 Å². The van der Waals surface area contributed by atoms with Gasteiger partial charge in [-0.3, -0.25) is 14.5 Å². The van der Waals surface area contributed by atoms with Gasteiger partial charge in [-0.05, 0) is 44.5 Å². The number of rotatable bonds is 5. The Balaban J connectivity index is 1.53. The lowest BCUT2D eigenvalue weighted by Gasteiger charge is -2.47. The third kappa shape index (κ3) is 3.91. The fraction of sp³-hybridized carbons (Fsp3) is 0.391. The van der Waals surface area contributed by atoms with Gasteiger partial charge < -0.3 is 4.90 Å². The van der Waals surface area contributed by atoms with Gasteiger partial charge in [0.2, 0.25) is 15.9 Å². The molecule has 164 valence electrons. The van der Waals surface area contributed by atoms with Crippen molar-refractivity contribution < 1.29 is 18.0 Å². The van der Waals surface area contributed by atoms with Crippen LogP contribution in [0.25, 0.3) is 0 Å². The first-order valence-corrected chi connectivity index (χ1v) is 11.8. The Labute approximate surface area is 183 Å². The summed E-state index contributed by atoms with van der Waals surface area (Å²) in [6.45, 7) is 2.98. The molecule has 2 aliphatic rings. The van der Waals surface area contributed by atoms with E-state index in [0.717, 1.165) is 5.56 Å². The molecule has 0 bridgehead atoms. The molecule has 2 aromatic carbocycles. The van der Waals surface area contributed by atoms with Crippen LogP contribution in [-0.2, 0) is 21.4 Å². The van der Waals surface area contributed by atoms with E-state index in [2.05, 4.69) is 4.90 Å². The van der Waals surface area contributed by atoms with Gasteiger partial charge in [0.25, 0.3) is 0 Å². The lowest BCUT2D eigenvalue weighted by Crippen LogP contribution is -2.59. The molecule has 0 atom stereocenters. The highest BCUT2D eigenvalue weighted by molar-refractivity contribution is 7.89. The highest BCUT2D eigenvalue weighted by atomic mass is 32.2. The number of piperidine rings is 1. The van der Waals surface area contributed by atoms with Gasteiger partial charge >= 0.3 is 0 Å². The number of hydrogen-bond donors (Lipinski definition) is 0. The lowest BCUT2D eigenvalue weighted by atomic mass is 9.95. The van der Waals surface area contributed by atoms with Crippen LogP contribution in [0.5, 0.6) is 0 Å². The van der Waals surface area contributed by atoms with Gasteiger partial charge in [0.15, 0.2) is 5.78 Å². The second-order valence-corrected chi connectivity index (χ2v) is 10.2. The highest BCUT2D eigenvalue weighted by Crippen LogP contribution is 2.38. The van der Waals surface area contributed by atoms with Crippen LogP contribution < -0.4 is 0 Å². The molecule has 0 aliphatic carbocycles. The van der Waals surface area contributed by atoms with Gasteiger partial charge in [0, 0.05) is 25.2 Å². The highest BCUT2D eigenvalue weighted by Gasteiger charge is 2.51. The minimum absolute atomic E-state index is 0.0717. The molecule has 2 saturated heterocycles. The van der Waals surface area contributed by atoms with Crippen LogP contribution in [0.3, 0.4) is 0 Å². The molecular formula is C23H27N3O4S. The van der Waals surface area contributed by atoms with Crippen molar-refractivity contribution in [3.8, 4) is 0 Å². The topological polar surface area (TPSA) is 78.0 Å². The number of nitrogens with zero attached hydrogens (tertiary/aromatic N) is 3. The maximum Gasteiger partial charge on any atom is 0.243 e. The molecule has 8 heteroatoms. The van der Waals surface area contributed by atoms with Crippen LogP contribution in [0, 0.1) is 0 Å². The molecule has 4 rings (SSSR count). The summed E-state index contributed by atoms with van der Waals surface area (Å²) < 4.78 is 27.8. The largest absolute Gasteiger partial charge is 0.319 e. The van der Waals surface area contributed by atoms with Crippen LogP contribution in [0.15, 0.2) is 59.5 Å². The van der Waals surface area contributed by atoms with E-state index in [1.54, 1.807) is 12.1 Å². The zero-order chi connectivity index (χ0) is 22.2. The Bertz CT molecular complexity index is 1080. The number of hydrogen-bond acceptors (Lipinski definition) is 5. The van der Waals surface area contributed by atoms with E-state index in [1.807, 2.05) is 42.3 Å². The quantitative estimate of drug-likeness (QED) is 0.666. The molecular weight excluding hydrogens is 414 g/mol. The number of sulfonamides is 1. The molecule has 1 amide bonds. The number of Topliss-reactive ketones (excluding diaryl/α,β-unsaturated/α-hetero) is 1. The fourth-order valence-electron chi connectivity index (χ4n) is 4.62. The van der Waals surface area contributed by atoms with Gasteiger partial charge in [0.1, 0.15) is 0 Å².